The third-order valence-electron chi connectivity index (χ3n) is 2.25. The molecule has 0 bridgehead atoms. The Labute approximate surface area is 124 Å². The van der Waals surface area contributed by atoms with Crippen LogP contribution in [-0.4, -0.2) is 59.5 Å². The van der Waals surface area contributed by atoms with Gasteiger partial charge in [-0.25, -0.2) is 0 Å². The number of rotatable bonds is 6. The maximum absolute atomic E-state index is 10.4. The van der Waals surface area contributed by atoms with Gasteiger partial charge in [-0.3, -0.25) is 4.55 Å². The van der Waals surface area contributed by atoms with Crippen molar-refractivity contribution in [1.29, 1.82) is 0 Å². The summed E-state index contributed by atoms with van der Waals surface area (Å²) in [6.45, 7) is 0. The van der Waals surface area contributed by atoms with Crippen LogP contribution in [-0.2, 0) is 16.5 Å². The van der Waals surface area contributed by atoms with Crippen LogP contribution in [0, 0.1) is 0 Å². The van der Waals surface area contributed by atoms with E-state index in [-0.39, 0.29) is 41.7 Å². The van der Waals surface area contributed by atoms with E-state index in [0.717, 1.165) is 5.56 Å². The van der Waals surface area contributed by atoms with E-state index in [1.54, 1.807) is 0 Å². The third-order valence-corrected chi connectivity index (χ3v) is 3.06. The minimum atomic E-state index is -3.90. The summed E-state index contributed by atoms with van der Waals surface area (Å²) >= 11 is 0. The molecule has 0 fully saturated rings. The molecule has 4 nitrogen and oxygen atoms in total. The summed E-state index contributed by atoms with van der Waals surface area (Å²) in [5, 5.41) is 9.62. The fraction of sp³-hybridized carbons (Fsp3) is 0.455. The van der Waals surface area contributed by atoms with Crippen LogP contribution in [0.25, 0.3) is 0 Å². The number of benzene rings is 1. The Morgan fingerprint density at radius 2 is 1.76 bits per heavy atom. The van der Waals surface area contributed by atoms with Gasteiger partial charge in [-0.15, -0.1) is 0 Å². The van der Waals surface area contributed by atoms with E-state index in [4.69, 9.17) is 4.55 Å². The summed E-state index contributed by atoms with van der Waals surface area (Å²) in [5.74, 6) is -0.293. The van der Waals surface area contributed by atoms with Crippen molar-refractivity contribution in [3.63, 3.8) is 0 Å². The van der Waals surface area contributed by atoms with Crippen molar-refractivity contribution in [3.8, 4) is 0 Å². The molecule has 92 valence electrons. The molecule has 1 rings (SSSR count). The molecular formula is C11H17NaO4S. The van der Waals surface area contributed by atoms with Gasteiger partial charge in [-0.1, -0.05) is 30.3 Å². The van der Waals surface area contributed by atoms with E-state index < -0.39 is 16.2 Å². The zero-order chi connectivity index (χ0) is 12.0. The Kier molecular flexibility index (Phi) is 8.28. The van der Waals surface area contributed by atoms with Crippen molar-refractivity contribution in [2.45, 2.75) is 25.4 Å². The first-order valence-corrected chi connectivity index (χ1v) is 6.75. The Balaban J connectivity index is 0.00000256. The van der Waals surface area contributed by atoms with Crippen LogP contribution in [0.3, 0.4) is 0 Å². The van der Waals surface area contributed by atoms with Gasteiger partial charge in [0, 0.05) is 0 Å². The van der Waals surface area contributed by atoms with Crippen LogP contribution >= 0.6 is 0 Å². The second-order valence-electron chi connectivity index (χ2n) is 3.77. The normalized spacial score (nSPS) is 12.8. The van der Waals surface area contributed by atoms with Crippen LogP contribution < -0.4 is 0 Å². The maximum atomic E-state index is 10.4. The summed E-state index contributed by atoms with van der Waals surface area (Å²) in [4.78, 5) is 0. The van der Waals surface area contributed by atoms with Gasteiger partial charge >= 0.3 is 29.6 Å². The van der Waals surface area contributed by atoms with E-state index >= 15 is 0 Å². The van der Waals surface area contributed by atoms with Gasteiger partial charge in [0.2, 0.25) is 0 Å². The molecule has 0 aliphatic heterocycles. The van der Waals surface area contributed by atoms with Gasteiger partial charge in [-0.05, 0) is 24.8 Å². The molecule has 17 heavy (non-hydrogen) atoms. The van der Waals surface area contributed by atoms with Crippen LogP contribution in [0.15, 0.2) is 30.3 Å². The molecule has 1 unspecified atom stereocenters. The SMILES string of the molecule is O=S(=O)(O)CCCC(O)Cc1ccccc1.[NaH]. The summed E-state index contributed by atoms with van der Waals surface area (Å²) in [7, 11) is -3.90. The zero-order valence-electron chi connectivity index (χ0n) is 8.91. The van der Waals surface area contributed by atoms with Crippen LogP contribution in [0.4, 0.5) is 0 Å². The first-order valence-electron chi connectivity index (χ1n) is 5.14. The first-order chi connectivity index (χ1) is 7.47. The molecule has 1 aromatic carbocycles. The van der Waals surface area contributed by atoms with Crippen molar-refractivity contribution in [1.82, 2.24) is 0 Å². The van der Waals surface area contributed by atoms with E-state index in [9.17, 15) is 13.5 Å². The molecule has 0 spiro atoms. The molecule has 6 heteroatoms. The summed E-state index contributed by atoms with van der Waals surface area (Å²) in [6.07, 6.45) is 0.581. The van der Waals surface area contributed by atoms with Crippen LogP contribution in [0.5, 0.6) is 0 Å². The topological polar surface area (TPSA) is 74.6 Å². The molecule has 0 aromatic heterocycles. The Morgan fingerprint density at radius 1 is 1.18 bits per heavy atom. The fourth-order valence-corrected chi connectivity index (χ4v) is 2.02. The second-order valence-corrected chi connectivity index (χ2v) is 5.34. The number of hydrogen-bond donors (Lipinski definition) is 2. The standard InChI is InChI=1S/C11H16O4S.Na.H/c12-11(7-4-8-16(13,14)15)9-10-5-2-1-3-6-10;;/h1-3,5-6,11-12H,4,7-9H2,(H,13,14,15);;. The van der Waals surface area contributed by atoms with Gasteiger partial charge in [0.1, 0.15) is 0 Å². The molecule has 1 aromatic rings. The van der Waals surface area contributed by atoms with Gasteiger partial charge in [-0.2, -0.15) is 8.42 Å². The predicted octanol–water partition coefficient (Wildman–Crippen LogP) is 0.610. The summed E-state index contributed by atoms with van der Waals surface area (Å²) in [5.41, 5.74) is 1.02. The zero-order valence-corrected chi connectivity index (χ0v) is 9.73. The Hall–Kier alpha value is 0.0900. The molecule has 0 heterocycles. The van der Waals surface area contributed by atoms with Gasteiger partial charge in [0.15, 0.2) is 0 Å². The molecule has 2 N–H and O–H groups in total. The third kappa shape index (κ3) is 8.77. The number of aliphatic hydroxyl groups excluding tert-OH is 1. The fourth-order valence-electron chi connectivity index (χ4n) is 1.49. The quantitative estimate of drug-likeness (QED) is 0.585. The molecule has 0 amide bonds. The van der Waals surface area contributed by atoms with Gasteiger partial charge in [0.25, 0.3) is 10.1 Å². The van der Waals surface area contributed by atoms with Crippen LogP contribution in [0.1, 0.15) is 18.4 Å². The Bertz CT molecular complexity index is 405. The van der Waals surface area contributed by atoms with Crippen molar-refractivity contribution < 1.29 is 18.1 Å². The summed E-state index contributed by atoms with van der Waals surface area (Å²) in [6, 6.07) is 9.49. The molecular weight excluding hydrogens is 251 g/mol. The molecule has 0 saturated heterocycles. The van der Waals surface area contributed by atoms with Gasteiger partial charge < -0.3 is 5.11 Å². The number of aliphatic hydroxyl groups is 1. The average Bonchev–Trinajstić information content (AvgIpc) is 2.17. The molecule has 0 saturated carbocycles. The first kappa shape index (κ1) is 17.1. The van der Waals surface area contributed by atoms with Crippen molar-refractivity contribution >= 4 is 39.7 Å². The average molecular weight is 268 g/mol. The van der Waals surface area contributed by atoms with Crippen molar-refractivity contribution in [3.05, 3.63) is 35.9 Å². The van der Waals surface area contributed by atoms with Crippen LogP contribution in [0.2, 0.25) is 0 Å². The molecule has 1 atom stereocenters. The monoisotopic (exact) mass is 268 g/mol. The molecule has 0 radical (unpaired) electrons. The van der Waals surface area contributed by atoms with E-state index in [2.05, 4.69) is 0 Å². The van der Waals surface area contributed by atoms with Crippen molar-refractivity contribution in [2.24, 2.45) is 0 Å². The predicted molar refractivity (Wildman–Crippen MR) is 69.0 cm³/mol. The summed E-state index contributed by atoms with van der Waals surface area (Å²) < 4.78 is 29.4. The van der Waals surface area contributed by atoms with Gasteiger partial charge in [0.05, 0.1) is 11.9 Å². The molecule has 0 aliphatic rings. The van der Waals surface area contributed by atoms with E-state index in [1.807, 2.05) is 30.3 Å². The molecule has 0 aliphatic carbocycles. The Morgan fingerprint density at radius 3 is 2.29 bits per heavy atom. The second kappa shape index (κ2) is 8.24. The minimum absolute atomic E-state index is 0. The number of hydrogen-bond acceptors (Lipinski definition) is 3. The van der Waals surface area contributed by atoms with Crippen molar-refractivity contribution in [2.75, 3.05) is 5.75 Å². The van der Waals surface area contributed by atoms with E-state index in [1.165, 1.54) is 0 Å². The van der Waals surface area contributed by atoms with E-state index in [0.29, 0.717) is 12.8 Å².